The Morgan fingerprint density at radius 2 is 1.56 bits per heavy atom. The molecule has 2 rings (SSSR count). The largest absolute Gasteiger partial charge is 0.335 e. The summed E-state index contributed by atoms with van der Waals surface area (Å²) >= 11 is 5.96. The average Bonchev–Trinajstić information content (AvgIpc) is 2.57. The maximum Gasteiger partial charge on any atom is 0.318 e. The first-order valence-electron chi connectivity index (χ1n) is 9.73. The van der Waals surface area contributed by atoms with Gasteiger partial charge in [0, 0.05) is 17.3 Å². The summed E-state index contributed by atoms with van der Waals surface area (Å²) in [5, 5.41) is 6.65. The summed E-state index contributed by atoms with van der Waals surface area (Å²) in [6.07, 6.45) is 17.5. The number of amides is 2. The van der Waals surface area contributed by atoms with Gasteiger partial charge in [0.1, 0.15) is 0 Å². The molecule has 1 aliphatic carbocycles. The first-order chi connectivity index (χ1) is 12.2. The Bertz CT molecular complexity index is 532. The van der Waals surface area contributed by atoms with Gasteiger partial charge in [0.2, 0.25) is 0 Å². The highest BCUT2D eigenvalue weighted by Gasteiger charge is 2.11. The van der Waals surface area contributed by atoms with Crippen molar-refractivity contribution in [2.45, 2.75) is 76.7 Å². The summed E-state index contributed by atoms with van der Waals surface area (Å²) in [4.78, 5) is 12.1. The summed E-state index contributed by atoms with van der Waals surface area (Å²) in [6, 6.07) is 7.73. The van der Waals surface area contributed by atoms with E-state index in [9.17, 15) is 4.79 Å². The van der Waals surface area contributed by atoms with Crippen LogP contribution >= 0.6 is 11.6 Å². The molecule has 0 radical (unpaired) electrons. The maximum absolute atomic E-state index is 12.1. The topological polar surface area (TPSA) is 41.1 Å². The van der Waals surface area contributed by atoms with Crippen molar-refractivity contribution in [3.63, 3.8) is 0 Å². The molecule has 1 aliphatic rings. The zero-order valence-electron chi connectivity index (χ0n) is 15.1. The molecule has 0 bridgehead atoms. The first-order valence-corrected chi connectivity index (χ1v) is 10.1. The molecule has 3 nitrogen and oxygen atoms in total. The molecule has 4 heteroatoms. The number of carbonyl (C=O) groups excluding carboxylic acids is 1. The molecule has 2 amide bonds. The van der Waals surface area contributed by atoms with E-state index in [4.69, 9.17) is 11.6 Å². The average molecular weight is 363 g/mol. The van der Waals surface area contributed by atoms with E-state index in [1.165, 1.54) is 57.8 Å². The van der Waals surface area contributed by atoms with Crippen molar-refractivity contribution in [2.75, 3.05) is 0 Å². The van der Waals surface area contributed by atoms with E-state index < -0.39 is 0 Å². The van der Waals surface area contributed by atoms with Crippen LogP contribution in [0.15, 0.2) is 30.5 Å². The smallest absolute Gasteiger partial charge is 0.318 e. The van der Waals surface area contributed by atoms with E-state index in [1.807, 2.05) is 30.3 Å². The van der Waals surface area contributed by atoms with Crippen LogP contribution in [-0.2, 0) is 0 Å². The highest BCUT2D eigenvalue weighted by molar-refractivity contribution is 6.30. The predicted molar refractivity (Wildman–Crippen MR) is 107 cm³/mol. The Morgan fingerprint density at radius 1 is 0.960 bits per heavy atom. The van der Waals surface area contributed by atoms with Crippen molar-refractivity contribution in [3.8, 4) is 0 Å². The summed E-state index contributed by atoms with van der Waals surface area (Å²) in [7, 11) is 0. The van der Waals surface area contributed by atoms with E-state index in [1.54, 1.807) is 6.20 Å². The minimum atomic E-state index is -0.115. The molecule has 25 heavy (non-hydrogen) atoms. The third kappa shape index (κ3) is 8.97. The van der Waals surface area contributed by atoms with Crippen molar-refractivity contribution in [1.82, 2.24) is 10.6 Å². The van der Waals surface area contributed by atoms with Crippen LogP contribution in [0.3, 0.4) is 0 Å². The predicted octanol–water partition coefficient (Wildman–Crippen LogP) is 6.28. The number of carbonyl (C=O) groups is 1. The van der Waals surface area contributed by atoms with Crippen LogP contribution in [0.4, 0.5) is 4.79 Å². The molecule has 0 heterocycles. The van der Waals surface area contributed by atoms with Gasteiger partial charge in [-0.05, 0) is 36.6 Å². The number of nitrogens with one attached hydrogen (secondary N) is 2. The molecule has 0 aliphatic heterocycles. The summed E-state index contributed by atoms with van der Waals surface area (Å²) in [5.74, 6) is 0. The molecular weight excluding hydrogens is 332 g/mol. The SMILES string of the molecule is O=C(N/C=C/c1cccc(Cl)c1)NC1CCCCCCCCCCC1. The normalized spacial score (nSPS) is 18.3. The van der Waals surface area contributed by atoms with E-state index in [-0.39, 0.29) is 6.03 Å². The van der Waals surface area contributed by atoms with Gasteiger partial charge in [-0.25, -0.2) is 4.79 Å². The van der Waals surface area contributed by atoms with Crippen molar-refractivity contribution in [3.05, 3.63) is 41.1 Å². The summed E-state index contributed by atoms with van der Waals surface area (Å²) in [6.45, 7) is 0. The summed E-state index contributed by atoms with van der Waals surface area (Å²) < 4.78 is 0. The van der Waals surface area contributed by atoms with E-state index in [0.29, 0.717) is 11.1 Å². The van der Waals surface area contributed by atoms with Crippen LogP contribution in [0.1, 0.15) is 76.2 Å². The number of halogens is 1. The molecular formula is C21H31ClN2O. The fourth-order valence-corrected chi connectivity index (χ4v) is 3.56. The molecule has 138 valence electrons. The lowest BCUT2D eigenvalue weighted by atomic mass is 9.98. The highest BCUT2D eigenvalue weighted by Crippen LogP contribution is 2.17. The van der Waals surface area contributed by atoms with Gasteiger partial charge >= 0.3 is 6.03 Å². The van der Waals surface area contributed by atoms with Crippen LogP contribution in [0.5, 0.6) is 0 Å². The van der Waals surface area contributed by atoms with Gasteiger partial charge in [0.15, 0.2) is 0 Å². The monoisotopic (exact) mass is 362 g/mol. The lowest BCUT2D eigenvalue weighted by Gasteiger charge is -2.19. The Labute approximate surface area is 157 Å². The molecule has 0 unspecified atom stereocenters. The molecule has 0 atom stereocenters. The standard InChI is InChI=1S/C21H31ClN2O/c22-19-12-10-11-18(17-19)15-16-23-21(25)24-20-13-8-6-4-2-1-3-5-7-9-14-20/h10-12,15-17,20H,1-9,13-14H2,(H2,23,24,25)/b16-15+. The van der Waals surface area contributed by atoms with E-state index in [2.05, 4.69) is 10.6 Å². The van der Waals surface area contributed by atoms with Gasteiger partial charge in [-0.1, -0.05) is 81.5 Å². The lowest BCUT2D eigenvalue weighted by Crippen LogP contribution is -2.40. The minimum absolute atomic E-state index is 0.115. The molecule has 1 aromatic rings. The van der Waals surface area contributed by atoms with Gasteiger partial charge in [-0.15, -0.1) is 0 Å². The Kier molecular flexibility index (Phi) is 9.50. The third-order valence-electron chi connectivity index (χ3n) is 4.78. The number of hydrogen-bond donors (Lipinski definition) is 2. The van der Waals surface area contributed by atoms with Crippen molar-refractivity contribution in [2.24, 2.45) is 0 Å². The van der Waals surface area contributed by atoms with Crippen molar-refractivity contribution < 1.29 is 4.79 Å². The summed E-state index contributed by atoms with van der Waals surface area (Å²) in [5.41, 5.74) is 0.971. The molecule has 1 fully saturated rings. The molecule has 0 saturated heterocycles. The Hall–Kier alpha value is -1.48. The first kappa shape index (κ1) is 19.8. The van der Waals surface area contributed by atoms with Crippen molar-refractivity contribution in [1.29, 1.82) is 0 Å². The fourth-order valence-electron chi connectivity index (χ4n) is 3.36. The molecule has 1 aromatic carbocycles. The third-order valence-corrected chi connectivity index (χ3v) is 5.01. The molecule has 0 aromatic heterocycles. The van der Waals surface area contributed by atoms with Gasteiger partial charge in [0.25, 0.3) is 0 Å². The van der Waals surface area contributed by atoms with Crippen LogP contribution in [0, 0.1) is 0 Å². The van der Waals surface area contributed by atoms with Crippen LogP contribution in [0.2, 0.25) is 5.02 Å². The number of urea groups is 1. The van der Waals surface area contributed by atoms with E-state index in [0.717, 1.165) is 18.4 Å². The van der Waals surface area contributed by atoms with Gasteiger partial charge in [0.05, 0.1) is 0 Å². The maximum atomic E-state index is 12.1. The second-order valence-electron chi connectivity index (χ2n) is 6.96. The highest BCUT2D eigenvalue weighted by atomic mass is 35.5. The molecule has 2 N–H and O–H groups in total. The Balaban J connectivity index is 1.75. The molecule has 0 spiro atoms. The Morgan fingerprint density at radius 3 is 2.16 bits per heavy atom. The van der Waals surface area contributed by atoms with Gasteiger partial charge < -0.3 is 10.6 Å². The zero-order chi connectivity index (χ0) is 17.7. The second-order valence-corrected chi connectivity index (χ2v) is 7.40. The van der Waals surface area contributed by atoms with Crippen LogP contribution in [-0.4, -0.2) is 12.1 Å². The fraction of sp³-hybridized carbons (Fsp3) is 0.571. The quantitative estimate of drug-likeness (QED) is 0.652. The number of benzene rings is 1. The van der Waals surface area contributed by atoms with Gasteiger partial charge in [-0.2, -0.15) is 0 Å². The van der Waals surface area contributed by atoms with Crippen LogP contribution in [0.25, 0.3) is 6.08 Å². The lowest BCUT2D eigenvalue weighted by molar-refractivity contribution is 0.238. The second kappa shape index (κ2) is 12.0. The molecule has 1 saturated carbocycles. The van der Waals surface area contributed by atoms with E-state index >= 15 is 0 Å². The number of rotatable bonds is 3. The van der Waals surface area contributed by atoms with Crippen LogP contribution < -0.4 is 10.6 Å². The van der Waals surface area contributed by atoms with Gasteiger partial charge in [-0.3, -0.25) is 0 Å². The zero-order valence-corrected chi connectivity index (χ0v) is 15.9. The minimum Gasteiger partial charge on any atom is -0.335 e. The number of hydrogen-bond acceptors (Lipinski definition) is 1. The van der Waals surface area contributed by atoms with Crippen molar-refractivity contribution >= 4 is 23.7 Å².